The van der Waals surface area contributed by atoms with Gasteiger partial charge in [-0.3, -0.25) is 9.69 Å². The van der Waals surface area contributed by atoms with Gasteiger partial charge in [0.2, 0.25) is 5.91 Å². The van der Waals surface area contributed by atoms with Crippen LogP contribution in [0.4, 0.5) is 4.79 Å². The van der Waals surface area contributed by atoms with Crippen molar-refractivity contribution in [3.63, 3.8) is 0 Å². The van der Waals surface area contributed by atoms with Crippen LogP contribution in [0.25, 0.3) is 0 Å². The van der Waals surface area contributed by atoms with E-state index in [9.17, 15) is 9.59 Å². The van der Waals surface area contributed by atoms with E-state index in [1.807, 2.05) is 0 Å². The number of amides is 3. The van der Waals surface area contributed by atoms with Crippen LogP contribution in [0.2, 0.25) is 0 Å². The fourth-order valence-electron chi connectivity index (χ4n) is 5.69. The quantitative estimate of drug-likeness (QED) is 0.671. The highest BCUT2D eigenvalue weighted by Gasteiger charge is 2.55. The first kappa shape index (κ1) is 23.1. The number of carbonyl (C=O) groups is 2. The third-order valence-electron chi connectivity index (χ3n) is 8.06. The molecule has 0 atom stereocenters. The van der Waals surface area contributed by atoms with Crippen LogP contribution >= 0.6 is 0 Å². The Morgan fingerprint density at radius 1 is 1.09 bits per heavy atom. The molecule has 176 valence electrons. The molecule has 1 spiro atoms. The van der Waals surface area contributed by atoms with Gasteiger partial charge in [0.15, 0.2) is 0 Å². The maximum Gasteiger partial charge on any atom is 0.321 e. The van der Waals surface area contributed by atoms with Gasteiger partial charge in [0.05, 0.1) is 12.1 Å². The van der Waals surface area contributed by atoms with Crippen molar-refractivity contribution in [2.24, 2.45) is 5.92 Å². The Morgan fingerprint density at radius 3 is 2.31 bits per heavy atom. The molecule has 2 aliphatic carbocycles. The van der Waals surface area contributed by atoms with Crippen LogP contribution in [0.15, 0.2) is 30.3 Å². The summed E-state index contributed by atoms with van der Waals surface area (Å²) in [5.41, 5.74) is 1.13. The van der Waals surface area contributed by atoms with Gasteiger partial charge in [-0.05, 0) is 64.1 Å². The molecule has 1 heterocycles. The molecule has 4 rings (SSSR count). The summed E-state index contributed by atoms with van der Waals surface area (Å²) in [7, 11) is 6.01. The minimum Gasteiger partial charge on any atom is -0.395 e. The van der Waals surface area contributed by atoms with E-state index in [-0.39, 0.29) is 36.2 Å². The molecule has 2 saturated carbocycles. The van der Waals surface area contributed by atoms with Crippen LogP contribution in [0, 0.1) is 5.92 Å². The van der Waals surface area contributed by atoms with E-state index in [0.717, 1.165) is 32.2 Å². The maximum atomic E-state index is 13.4. The van der Waals surface area contributed by atoms with Gasteiger partial charge >= 0.3 is 6.03 Å². The number of benzene rings is 1. The van der Waals surface area contributed by atoms with Crippen LogP contribution in [0.3, 0.4) is 0 Å². The largest absolute Gasteiger partial charge is 0.395 e. The van der Waals surface area contributed by atoms with Crippen molar-refractivity contribution in [3.05, 3.63) is 35.9 Å². The summed E-state index contributed by atoms with van der Waals surface area (Å²) >= 11 is 0. The Bertz CT molecular complexity index is 816. The van der Waals surface area contributed by atoms with Gasteiger partial charge in [-0.1, -0.05) is 30.3 Å². The SMILES string of the molecule is CN(CCO)C(=O)CN1CC2(CCC(c3ccccc3)(N(C)C)CC2)N(CC2CC2)C1=O. The Kier molecular flexibility index (Phi) is 6.50. The molecule has 7 nitrogen and oxygen atoms in total. The molecule has 7 heteroatoms. The molecular formula is C25H38N4O3. The van der Waals surface area contributed by atoms with Gasteiger partial charge in [0.1, 0.15) is 6.54 Å². The van der Waals surface area contributed by atoms with Crippen molar-refractivity contribution < 1.29 is 14.7 Å². The predicted octanol–water partition coefficient (Wildman–Crippen LogP) is 2.35. The normalized spacial score (nSPS) is 28.1. The van der Waals surface area contributed by atoms with Crippen LogP contribution in [-0.4, -0.2) is 96.1 Å². The number of aliphatic hydroxyl groups excluding tert-OH is 1. The summed E-state index contributed by atoms with van der Waals surface area (Å²) in [4.78, 5) is 33.8. The number of hydrogen-bond acceptors (Lipinski definition) is 4. The second-order valence-electron chi connectivity index (χ2n) is 10.2. The summed E-state index contributed by atoms with van der Waals surface area (Å²) in [6.45, 7) is 1.75. The van der Waals surface area contributed by atoms with Gasteiger partial charge in [-0.2, -0.15) is 0 Å². The Morgan fingerprint density at radius 2 is 1.75 bits per heavy atom. The number of likely N-dealkylation sites (N-methyl/N-ethyl adjacent to an activating group) is 1. The van der Waals surface area contributed by atoms with Gasteiger partial charge in [0.25, 0.3) is 0 Å². The Hall–Kier alpha value is -2.12. The van der Waals surface area contributed by atoms with Crippen LogP contribution in [-0.2, 0) is 10.3 Å². The third kappa shape index (κ3) is 4.25. The average molecular weight is 443 g/mol. The van der Waals surface area contributed by atoms with E-state index < -0.39 is 0 Å². The van der Waals surface area contributed by atoms with Crippen molar-refractivity contribution in [3.8, 4) is 0 Å². The standard InChI is InChI=1S/C25H38N4O3/c1-26(2)25(21-7-5-4-6-8-21)13-11-24(12-14-25)19-28(18-22(31)27(3)15-16-30)23(32)29(24)17-20-9-10-20/h4-8,20,30H,9-19H2,1-3H3. The lowest BCUT2D eigenvalue weighted by Crippen LogP contribution is -2.55. The van der Waals surface area contributed by atoms with E-state index in [4.69, 9.17) is 5.11 Å². The van der Waals surface area contributed by atoms with Gasteiger partial charge in [-0.25, -0.2) is 4.79 Å². The summed E-state index contributed by atoms with van der Waals surface area (Å²) in [5, 5.41) is 9.15. The van der Waals surface area contributed by atoms with Crippen LogP contribution < -0.4 is 0 Å². The van der Waals surface area contributed by atoms with Gasteiger partial charge in [0, 0.05) is 32.2 Å². The minimum absolute atomic E-state index is 0.0136. The van der Waals surface area contributed by atoms with Crippen molar-refractivity contribution in [2.75, 3.05) is 53.9 Å². The molecule has 0 bridgehead atoms. The maximum absolute atomic E-state index is 13.4. The molecule has 1 N–H and O–H groups in total. The highest BCUT2D eigenvalue weighted by Crippen LogP contribution is 2.49. The Labute approximate surface area is 192 Å². The van der Waals surface area contributed by atoms with Gasteiger partial charge < -0.3 is 19.8 Å². The second-order valence-corrected chi connectivity index (χ2v) is 10.2. The highest BCUT2D eigenvalue weighted by atomic mass is 16.3. The molecule has 0 aromatic heterocycles. The lowest BCUT2D eigenvalue weighted by molar-refractivity contribution is -0.130. The van der Waals surface area contributed by atoms with Gasteiger partial charge in [-0.15, -0.1) is 0 Å². The molecular weight excluding hydrogens is 404 g/mol. The number of aliphatic hydroxyl groups is 1. The van der Waals surface area contributed by atoms with Crippen molar-refractivity contribution in [1.82, 2.24) is 19.6 Å². The van der Waals surface area contributed by atoms with Crippen molar-refractivity contribution in [2.45, 2.75) is 49.6 Å². The summed E-state index contributed by atoms with van der Waals surface area (Å²) in [6.07, 6.45) is 6.26. The fraction of sp³-hybridized carbons (Fsp3) is 0.680. The molecule has 3 fully saturated rings. The van der Waals surface area contributed by atoms with Crippen LogP contribution in [0.1, 0.15) is 44.1 Å². The number of urea groups is 1. The third-order valence-corrected chi connectivity index (χ3v) is 8.06. The van der Waals surface area contributed by atoms with Crippen LogP contribution in [0.5, 0.6) is 0 Å². The smallest absolute Gasteiger partial charge is 0.321 e. The van der Waals surface area contributed by atoms with E-state index in [0.29, 0.717) is 19.0 Å². The molecule has 32 heavy (non-hydrogen) atoms. The zero-order valence-electron chi connectivity index (χ0n) is 19.8. The first-order valence-electron chi connectivity index (χ1n) is 12.0. The first-order valence-corrected chi connectivity index (χ1v) is 12.0. The van der Waals surface area contributed by atoms with E-state index in [1.165, 1.54) is 23.3 Å². The monoisotopic (exact) mass is 442 g/mol. The molecule has 3 amide bonds. The molecule has 1 saturated heterocycles. The van der Waals surface area contributed by atoms with E-state index >= 15 is 0 Å². The summed E-state index contributed by atoms with van der Waals surface area (Å²) < 4.78 is 0. The molecule has 3 aliphatic rings. The number of nitrogens with zero attached hydrogens (tertiary/aromatic N) is 4. The predicted molar refractivity (Wildman–Crippen MR) is 124 cm³/mol. The van der Waals surface area contributed by atoms with Crippen molar-refractivity contribution >= 4 is 11.9 Å². The second kappa shape index (κ2) is 9.02. The zero-order chi connectivity index (χ0) is 22.9. The molecule has 1 aromatic carbocycles. The number of rotatable bonds is 8. The van der Waals surface area contributed by atoms with Crippen molar-refractivity contribution in [1.29, 1.82) is 0 Å². The molecule has 0 radical (unpaired) electrons. The lowest BCUT2D eigenvalue weighted by Gasteiger charge is -2.51. The molecule has 0 unspecified atom stereocenters. The molecule has 1 aromatic rings. The molecule has 1 aliphatic heterocycles. The topological polar surface area (TPSA) is 67.3 Å². The minimum atomic E-state index is -0.191. The summed E-state index contributed by atoms with van der Waals surface area (Å²) in [6, 6.07) is 10.7. The zero-order valence-corrected chi connectivity index (χ0v) is 19.8. The number of carbonyl (C=O) groups excluding carboxylic acids is 2. The fourth-order valence-corrected chi connectivity index (χ4v) is 5.69. The van der Waals surface area contributed by atoms with E-state index in [2.05, 4.69) is 54.2 Å². The van der Waals surface area contributed by atoms with E-state index in [1.54, 1.807) is 11.9 Å². The Balaban J connectivity index is 1.54. The first-order chi connectivity index (χ1) is 15.3. The lowest BCUT2D eigenvalue weighted by atomic mass is 9.68. The number of hydrogen-bond donors (Lipinski definition) is 1. The summed E-state index contributed by atoms with van der Waals surface area (Å²) in [5.74, 6) is 0.497. The highest BCUT2D eigenvalue weighted by molar-refractivity contribution is 5.86. The average Bonchev–Trinajstić information content (AvgIpc) is 3.58.